The van der Waals surface area contributed by atoms with Crippen molar-refractivity contribution >= 4 is 18.1 Å². The van der Waals surface area contributed by atoms with Gasteiger partial charge in [0.15, 0.2) is 12.7 Å². The Kier molecular flexibility index (Phi) is 5.14. The lowest BCUT2D eigenvalue weighted by Gasteiger charge is -2.19. The second-order valence-electron chi connectivity index (χ2n) is 4.80. The molecular weight excluding hydrogens is 256 g/mol. The fraction of sp³-hybridized carbons (Fsp3) is 0.750. The van der Waals surface area contributed by atoms with E-state index in [0.717, 1.165) is 0 Å². The van der Waals surface area contributed by atoms with E-state index in [2.05, 4.69) is 9.47 Å². The van der Waals surface area contributed by atoms with Gasteiger partial charge in [0.1, 0.15) is 13.2 Å². The van der Waals surface area contributed by atoms with Crippen molar-refractivity contribution in [3.05, 3.63) is 0 Å². The van der Waals surface area contributed by atoms with Crippen molar-refractivity contribution in [3.8, 4) is 0 Å². The summed E-state index contributed by atoms with van der Waals surface area (Å²) in [5.41, 5.74) is -0.630. The van der Waals surface area contributed by atoms with Crippen molar-refractivity contribution in [2.75, 3.05) is 19.8 Å². The first kappa shape index (κ1) is 15.3. The van der Waals surface area contributed by atoms with Crippen LogP contribution in [0.3, 0.4) is 0 Å². The van der Waals surface area contributed by atoms with Crippen LogP contribution in [0.5, 0.6) is 0 Å². The van der Waals surface area contributed by atoms with Crippen molar-refractivity contribution < 1.29 is 33.3 Å². The van der Waals surface area contributed by atoms with Crippen LogP contribution in [-0.2, 0) is 28.5 Å². The van der Waals surface area contributed by atoms with Crippen LogP contribution in [0.2, 0.25) is 0 Å². The van der Waals surface area contributed by atoms with Gasteiger partial charge in [0.2, 0.25) is 0 Å². The minimum absolute atomic E-state index is 0.0504. The fourth-order valence-electron chi connectivity index (χ4n) is 1.14. The van der Waals surface area contributed by atoms with Crippen LogP contribution in [0.4, 0.5) is 4.79 Å². The van der Waals surface area contributed by atoms with Gasteiger partial charge in [-0.15, -0.1) is 0 Å². The molecule has 1 saturated heterocycles. The van der Waals surface area contributed by atoms with Crippen molar-refractivity contribution in [2.45, 2.75) is 33.3 Å². The first-order chi connectivity index (χ1) is 8.85. The Morgan fingerprint density at radius 3 is 2.58 bits per heavy atom. The Labute approximate surface area is 111 Å². The van der Waals surface area contributed by atoms with E-state index in [0.29, 0.717) is 6.42 Å². The van der Waals surface area contributed by atoms with Crippen molar-refractivity contribution in [1.82, 2.24) is 0 Å². The van der Waals surface area contributed by atoms with Gasteiger partial charge in [-0.25, -0.2) is 9.59 Å². The molecule has 0 bridgehead atoms. The summed E-state index contributed by atoms with van der Waals surface area (Å²) < 4.78 is 18.8. The molecule has 0 aromatic heterocycles. The van der Waals surface area contributed by atoms with Crippen LogP contribution >= 0.6 is 0 Å². The largest absolute Gasteiger partial charge is 0.508 e. The van der Waals surface area contributed by atoms with E-state index >= 15 is 0 Å². The standard InChI is InChI=1S/C12H18O7/c1-4-12(2,3)10(14)17-7-9(13)16-5-8-6-18-11(15)19-8/h8H,4-7H2,1-3H3. The maximum absolute atomic E-state index is 11.6. The lowest BCUT2D eigenvalue weighted by molar-refractivity contribution is -0.165. The number of hydrogen-bond donors (Lipinski definition) is 0. The molecule has 108 valence electrons. The molecule has 1 heterocycles. The van der Waals surface area contributed by atoms with Crippen LogP contribution in [0.15, 0.2) is 0 Å². The van der Waals surface area contributed by atoms with E-state index in [1.807, 2.05) is 6.92 Å². The number of hydrogen-bond acceptors (Lipinski definition) is 7. The first-order valence-electron chi connectivity index (χ1n) is 6.01. The number of esters is 2. The summed E-state index contributed by atoms with van der Waals surface area (Å²) in [6.07, 6.45) is -0.771. The normalized spacial score (nSPS) is 18.5. The maximum atomic E-state index is 11.6. The van der Waals surface area contributed by atoms with E-state index in [1.54, 1.807) is 13.8 Å². The van der Waals surface area contributed by atoms with Crippen LogP contribution in [0.25, 0.3) is 0 Å². The van der Waals surface area contributed by atoms with E-state index in [-0.39, 0.29) is 13.2 Å². The van der Waals surface area contributed by atoms with Gasteiger partial charge in [0, 0.05) is 0 Å². The SMILES string of the molecule is CCC(C)(C)C(=O)OCC(=O)OCC1COC(=O)O1. The molecule has 0 aromatic rings. The topological polar surface area (TPSA) is 88.1 Å². The monoisotopic (exact) mass is 274 g/mol. The third-order valence-electron chi connectivity index (χ3n) is 2.84. The number of carbonyl (C=O) groups excluding carboxylic acids is 3. The molecule has 1 atom stereocenters. The number of cyclic esters (lactones) is 2. The molecule has 7 nitrogen and oxygen atoms in total. The minimum Gasteiger partial charge on any atom is -0.459 e. The van der Waals surface area contributed by atoms with Crippen molar-refractivity contribution in [1.29, 1.82) is 0 Å². The zero-order valence-electron chi connectivity index (χ0n) is 11.3. The summed E-state index contributed by atoms with van der Waals surface area (Å²) in [5, 5.41) is 0. The quantitative estimate of drug-likeness (QED) is 0.528. The third kappa shape index (κ3) is 4.76. The molecule has 0 radical (unpaired) electrons. The zero-order valence-corrected chi connectivity index (χ0v) is 11.3. The van der Waals surface area contributed by atoms with Gasteiger partial charge in [-0.1, -0.05) is 6.92 Å². The van der Waals surface area contributed by atoms with E-state index in [4.69, 9.17) is 9.47 Å². The number of carbonyl (C=O) groups is 3. The van der Waals surface area contributed by atoms with Crippen LogP contribution < -0.4 is 0 Å². The van der Waals surface area contributed by atoms with Gasteiger partial charge in [0.05, 0.1) is 5.41 Å². The Morgan fingerprint density at radius 1 is 1.37 bits per heavy atom. The predicted molar refractivity (Wildman–Crippen MR) is 62.2 cm³/mol. The highest BCUT2D eigenvalue weighted by molar-refractivity contribution is 5.79. The smallest absolute Gasteiger partial charge is 0.459 e. The molecule has 0 spiro atoms. The number of rotatable bonds is 6. The molecule has 0 amide bonds. The van der Waals surface area contributed by atoms with Crippen LogP contribution in [-0.4, -0.2) is 44.0 Å². The molecule has 1 aliphatic rings. The van der Waals surface area contributed by atoms with Crippen molar-refractivity contribution in [2.24, 2.45) is 5.41 Å². The average molecular weight is 274 g/mol. The molecule has 19 heavy (non-hydrogen) atoms. The molecule has 1 fully saturated rings. The Bertz CT molecular complexity index is 361. The molecule has 0 aliphatic carbocycles. The Balaban J connectivity index is 2.21. The third-order valence-corrected chi connectivity index (χ3v) is 2.84. The summed E-state index contributed by atoms with van der Waals surface area (Å²) in [5.74, 6) is -1.15. The predicted octanol–water partition coefficient (Wildman–Crippen LogP) is 1.04. The average Bonchev–Trinajstić information content (AvgIpc) is 2.79. The van der Waals surface area contributed by atoms with E-state index in [1.165, 1.54) is 0 Å². The highest BCUT2D eigenvalue weighted by Crippen LogP contribution is 2.21. The lowest BCUT2D eigenvalue weighted by atomic mass is 9.91. The van der Waals surface area contributed by atoms with Gasteiger partial charge >= 0.3 is 18.1 Å². The Hall–Kier alpha value is -1.79. The summed E-state index contributed by atoms with van der Waals surface area (Å²) in [6.45, 7) is 4.80. The number of ether oxygens (including phenoxy) is 4. The molecule has 0 saturated carbocycles. The molecule has 1 rings (SSSR count). The van der Waals surface area contributed by atoms with E-state index in [9.17, 15) is 14.4 Å². The van der Waals surface area contributed by atoms with Gasteiger partial charge in [0.25, 0.3) is 0 Å². The summed E-state index contributed by atoms with van der Waals surface area (Å²) in [4.78, 5) is 33.5. The summed E-state index contributed by atoms with van der Waals surface area (Å²) in [6, 6.07) is 0. The molecule has 0 N–H and O–H groups in total. The minimum atomic E-state index is -0.780. The van der Waals surface area contributed by atoms with Gasteiger partial charge < -0.3 is 18.9 Å². The molecule has 0 aromatic carbocycles. The first-order valence-corrected chi connectivity index (χ1v) is 6.01. The van der Waals surface area contributed by atoms with Gasteiger partial charge in [-0.3, -0.25) is 4.79 Å². The highest BCUT2D eigenvalue weighted by atomic mass is 16.8. The molecule has 1 unspecified atom stereocenters. The Morgan fingerprint density at radius 2 is 2.05 bits per heavy atom. The lowest BCUT2D eigenvalue weighted by Crippen LogP contribution is -2.29. The molecular formula is C12H18O7. The van der Waals surface area contributed by atoms with Crippen molar-refractivity contribution in [3.63, 3.8) is 0 Å². The van der Waals surface area contributed by atoms with Gasteiger partial charge in [-0.05, 0) is 20.3 Å². The summed E-state index contributed by atoms with van der Waals surface area (Å²) >= 11 is 0. The van der Waals surface area contributed by atoms with Crippen LogP contribution in [0.1, 0.15) is 27.2 Å². The van der Waals surface area contributed by atoms with Gasteiger partial charge in [-0.2, -0.15) is 0 Å². The zero-order chi connectivity index (χ0) is 14.5. The second kappa shape index (κ2) is 6.40. The maximum Gasteiger partial charge on any atom is 0.508 e. The van der Waals surface area contributed by atoms with Crippen LogP contribution in [0, 0.1) is 5.41 Å². The molecule has 1 aliphatic heterocycles. The highest BCUT2D eigenvalue weighted by Gasteiger charge is 2.29. The molecule has 7 heteroatoms. The second-order valence-corrected chi connectivity index (χ2v) is 4.80. The fourth-order valence-corrected chi connectivity index (χ4v) is 1.14. The van der Waals surface area contributed by atoms with E-state index < -0.39 is 36.2 Å². The summed E-state index contributed by atoms with van der Waals surface area (Å²) in [7, 11) is 0.